The minimum atomic E-state index is 0.411. The van der Waals surface area contributed by atoms with Gasteiger partial charge in [0.25, 0.3) is 0 Å². The molecule has 0 heterocycles. The first-order valence-electron chi connectivity index (χ1n) is 7.54. The Morgan fingerprint density at radius 3 is 2.50 bits per heavy atom. The minimum absolute atomic E-state index is 0.411. The zero-order chi connectivity index (χ0) is 13.9. The molecule has 2 N–H and O–H groups in total. The average Bonchev–Trinajstić information content (AvgIpc) is 2.48. The van der Waals surface area contributed by atoms with E-state index in [1.54, 1.807) is 0 Å². The summed E-state index contributed by atoms with van der Waals surface area (Å²) in [5, 5.41) is 12.5. The second-order valence-electron chi connectivity index (χ2n) is 5.28. The smallest absolute Gasteiger partial charge is 0.0511 e. The van der Waals surface area contributed by atoms with Gasteiger partial charge in [-0.15, -0.1) is 0 Å². The molecule has 0 saturated carbocycles. The monoisotopic (exact) mass is 266 g/mol. The van der Waals surface area contributed by atoms with Gasteiger partial charge in [0.05, 0.1) is 6.04 Å². The molecular weight excluding hydrogens is 244 g/mol. The van der Waals surface area contributed by atoms with Crippen LogP contribution < -0.4 is 21.1 Å². The summed E-state index contributed by atoms with van der Waals surface area (Å²) in [7, 11) is 0. The molecule has 1 atom stereocenters. The first kappa shape index (κ1) is 13.2. The molecule has 20 heavy (non-hydrogen) atoms. The summed E-state index contributed by atoms with van der Waals surface area (Å²) in [6.45, 7) is 6.29. The van der Waals surface area contributed by atoms with Crippen LogP contribution in [0.4, 0.5) is 0 Å². The maximum absolute atomic E-state index is 3.58. The Morgan fingerprint density at radius 2 is 1.80 bits per heavy atom. The van der Waals surface area contributed by atoms with Crippen molar-refractivity contribution in [2.24, 2.45) is 0 Å². The maximum Gasteiger partial charge on any atom is 0.0511 e. The van der Waals surface area contributed by atoms with Crippen molar-refractivity contribution in [1.82, 2.24) is 10.6 Å². The second kappa shape index (κ2) is 5.68. The first-order valence-corrected chi connectivity index (χ1v) is 7.54. The molecule has 104 valence electrons. The van der Waals surface area contributed by atoms with E-state index in [2.05, 4.69) is 67.0 Å². The van der Waals surface area contributed by atoms with E-state index in [9.17, 15) is 0 Å². The van der Waals surface area contributed by atoms with Crippen LogP contribution in [-0.4, -0.2) is 19.1 Å². The zero-order valence-electron chi connectivity index (χ0n) is 12.2. The van der Waals surface area contributed by atoms with Gasteiger partial charge in [-0.2, -0.15) is 0 Å². The minimum Gasteiger partial charge on any atom is -0.387 e. The summed E-state index contributed by atoms with van der Waals surface area (Å²) in [5.41, 5.74) is 1.35. The van der Waals surface area contributed by atoms with Crippen molar-refractivity contribution in [2.75, 3.05) is 13.1 Å². The SMILES string of the molecule is CCNC1=c2cc3ccccc3cc2=CCC1NCC. The van der Waals surface area contributed by atoms with Gasteiger partial charge in [0.1, 0.15) is 0 Å². The fourth-order valence-electron chi connectivity index (χ4n) is 3.05. The van der Waals surface area contributed by atoms with Gasteiger partial charge >= 0.3 is 0 Å². The molecule has 0 radical (unpaired) electrons. The molecule has 3 rings (SSSR count). The highest BCUT2D eigenvalue weighted by Gasteiger charge is 2.16. The van der Waals surface area contributed by atoms with Crippen LogP contribution in [0.2, 0.25) is 0 Å². The molecule has 1 aliphatic rings. The van der Waals surface area contributed by atoms with Gasteiger partial charge in [0.2, 0.25) is 0 Å². The summed E-state index contributed by atoms with van der Waals surface area (Å²) < 4.78 is 0. The number of likely N-dealkylation sites (N-methyl/N-ethyl adjacent to an activating group) is 2. The van der Waals surface area contributed by atoms with Crippen molar-refractivity contribution in [2.45, 2.75) is 26.3 Å². The molecule has 2 nitrogen and oxygen atoms in total. The standard InChI is InChI=1S/C18H22N2/c1-3-19-17-10-9-15-11-13-7-5-6-8-14(13)12-16(15)18(17)20-4-2/h5-9,11-12,17,19-20H,3-4,10H2,1-2H3. The lowest BCUT2D eigenvalue weighted by Gasteiger charge is -2.24. The van der Waals surface area contributed by atoms with Crippen LogP contribution in [0.1, 0.15) is 20.3 Å². The van der Waals surface area contributed by atoms with Crippen molar-refractivity contribution < 1.29 is 0 Å². The van der Waals surface area contributed by atoms with Crippen LogP contribution in [0.3, 0.4) is 0 Å². The predicted octanol–water partition coefficient (Wildman–Crippen LogP) is 1.72. The van der Waals surface area contributed by atoms with Crippen LogP contribution in [0.25, 0.3) is 22.5 Å². The van der Waals surface area contributed by atoms with Crippen LogP contribution in [-0.2, 0) is 0 Å². The average molecular weight is 266 g/mol. The Balaban J connectivity index is 2.26. The van der Waals surface area contributed by atoms with E-state index in [4.69, 9.17) is 0 Å². The molecule has 0 aromatic heterocycles. The number of fused-ring (bicyclic) bond motifs is 2. The normalized spacial score (nSPS) is 17.7. The van der Waals surface area contributed by atoms with Gasteiger partial charge in [0.15, 0.2) is 0 Å². The molecule has 0 amide bonds. The fraction of sp³-hybridized carbons (Fsp3) is 0.333. The third-order valence-electron chi connectivity index (χ3n) is 3.95. The van der Waals surface area contributed by atoms with Gasteiger partial charge in [-0.1, -0.05) is 37.3 Å². The Labute approximate surface area is 120 Å². The molecule has 2 heteroatoms. The Morgan fingerprint density at radius 1 is 1.05 bits per heavy atom. The van der Waals surface area contributed by atoms with Crippen LogP contribution in [0.5, 0.6) is 0 Å². The quantitative estimate of drug-likeness (QED) is 0.880. The van der Waals surface area contributed by atoms with Crippen LogP contribution in [0.15, 0.2) is 36.4 Å². The lowest BCUT2D eigenvalue weighted by atomic mass is 9.97. The van der Waals surface area contributed by atoms with Crippen molar-refractivity contribution in [3.8, 4) is 0 Å². The van der Waals surface area contributed by atoms with Crippen molar-refractivity contribution in [1.29, 1.82) is 0 Å². The Hall–Kier alpha value is -1.80. The van der Waals surface area contributed by atoms with E-state index in [0.717, 1.165) is 19.5 Å². The predicted molar refractivity (Wildman–Crippen MR) is 86.8 cm³/mol. The molecule has 0 aliphatic heterocycles. The molecule has 1 aliphatic carbocycles. The van der Waals surface area contributed by atoms with Gasteiger partial charge in [-0.3, -0.25) is 0 Å². The highest BCUT2D eigenvalue weighted by molar-refractivity contribution is 5.83. The molecule has 0 spiro atoms. The molecule has 0 fully saturated rings. The van der Waals surface area contributed by atoms with E-state index < -0.39 is 0 Å². The summed E-state index contributed by atoms with van der Waals surface area (Å²) in [5.74, 6) is 0. The fourth-order valence-corrected chi connectivity index (χ4v) is 3.05. The van der Waals surface area contributed by atoms with E-state index >= 15 is 0 Å². The van der Waals surface area contributed by atoms with Crippen LogP contribution >= 0.6 is 0 Å². The molecule has 2 aromatic carbocycles. The topological polar surface area (TPSA) is 24.1 Å². The number of hydrogen-bond acceptors (Lipinski definition) is 2. The van der Waals surface area contributed by atoms with Gasteiger partial charge in [-0.25, -0.2) is 0 Å². The van der Waals surface area contributed by atoms with Crippen LogP contribution in [0, 0.1) is 0 Å². The Kier molecular flexibility index (Phi) is 3.75. The lowest BCUT2D eigenvalue weighted by Crippen LogP contribution is -2.46. The number of hydrogen-bond donors (Lipinski definition) is 2. The van der Waals surface area contributed by atoms with E-state index in [0.29, 0.717) is 6.04 Å². The number of rotatable bonds is 4. The van der Waals surface area contributed by atoms with E-state index in [1.807, 2.05) is 0 Å². The summed E-state index contributed by atoms with van der Waals surface area (Å²) in [4.78, 5) is 0. The largest absolute Gasteiger partial charge is 0.387 e. The van der Waals surface area contributed by atoms with Crippen molar-refractivity contribution in [3.05, 3.63) is 46.8 Å². The van der Waals surface area contributed by atoms with Gasteiger partial charge in [0, 0.05) is 17.5 Å². The summed E-state index contributed by atoms with van der Waals surface area (Å²) >= 11 is 0. The molecule has 0 bridgehead atoms. The molecule has 2 aromatic rings. The Bertz CT molecular complexity index is 731. The first-order chi connectivity index (χ1) is 9.83. The molecule has 0 saturated heterocycles. The molecular formula is C18H22N2. The highest BCUT2D eigenvalue weighted by Crippen LogP contribution is 2.12. The van der Waals surface area contributed by atoms with Gasteiger partial charge < -0.3 is 10.6 Å². The summed E-state index contributed by atoms with van der Waals surface area (Å²) in [6, 6.07) is 13.6. The van der Waals surface area contributed by atoms with E-state index in [-0.39, 0.29) is 0 Å². The number of benzene rings is 2. The lowest BCUT2D eigenvalue weighted by molar-refractivity contribution is 0.612. The van der Waals surface area contributed by atoms with Crippen molar-refractivity contribution >= 4 is 22.5 Å². The number of nitrogens with one attached hydrogen (secondary N) is 2. The van der Waals surface area contributed by atoms with E-state index in [1.165, 1.54) is 26.9 Å². The maximum atomic E-state index is 3.58. The molecule has 1 unspecified atom stereocenters. The zero-order valence-corrected chi connectivity index (χ0v) is 12.2. The third kappa shape index (κ3) is 2.32. The van der Waals surface area contributed by atoms with Crippen molar-refractivity contribution in [3.63, 3.8) is 0 Å². The highest BCUT2D eigenvalue weighted by atomic mass is 15.0. The second-order valence-corrected chi connectivity index (χ2v) is 5.28. The van der Waals surface area contributed by atoms with Gasteiger partial charge in [-0.05, 0) is 48.0 Å². The summed E-state index contributed by atoms with van der Waals surface area (Å²) in [6.07, 6.45) is 3.41. The third-order valence-corrected chi connectivity index (χ3v) is 3.95.